The quantitative estimate of drug-likeness (QED) is 0.531. The SMILES string of the molecule is CN(CCCOc1ccc(C(=O)c2ccccc2)cc1)CCC(=O)O. The minimum Gasteiger partial charge on any atom is -0.494 e. The standard InChI is InChI=1S/C20H23NO4/c1-21(14-12-19(22)23)13-5-15-25-18-10-8-17(9-11-18)20(24)16-6-3-2-4-7-16/h2-4,6-11H,5,12-15H2,1H3,(H,22,23). The molecule has 25 heavy (non-hydrogen) atoms. The number of ketones is 1. The first-order valence-electron chi connectivity index (χ1n) is 8.29. The third kappa shape index (κ3) is 6.39. The summed E-state index contributed by atoms with van der Waals surface area (Å²) in [6.07, 6.45) is 0.953. The summed E-state index contributed by atoms with van der Waals surface area (Å²) in [6, 6.07) is 16.3. The van der Waals surface area contributed by atoms with Gasteiger partial charge in [0.1, 0.15) is 5.75 Å². The highest BCUT2D eigenvalue weighted by Gasteiger charge is 2.08. The number of nitrogens with zero attached hydrogens (tertiary/aromatic N) is 1. The van der Waals surface area contributed by atoms with Gasteiger partial charge in [0.25, 0.3) is 0 Å². The summed E-state index contributed by atoms with van der Waals surface area (Å²) in [5.41, 5.74) is 1.30. The molecule has 0 amide bonds. The molecule has 0 saturated heterocycles. The van der Waals surface area contributed by atoms with E-state index >= 15 is 0 Å². The van der Waals surface area contributed by atoms with Crippen LogP contribution in [0.4, 0.5) is 0 Å². The van der Waals surface area contributed by atoms with Crippen molar-refractivity contribution in [1.29, 1.82) is 0 Å². The fourth-order valence-corrected chi connectivity index (χ4v) is 2.38. The van der Waals surface area contributed by atoms with E-state index in [0.29, 0.717) is 24.3 Å². The predicted molar refractivity (Wildman–Crippen MR) is 96.2 cm³/mol. The van der Waals surface area contributed by atoms with Gasteiger partial charge in [0, 0.05) is 24.2 Å². The number of hydrogen-bond acceptors (Lipinski definition) is 4. The normalized spacial score (nSPS) is 10.6. The number of carbonyl (C=O) groups excluding carboxylic acids is 1. The highest BCUT2D eigenvalue weighted by Crippen LogP contribution is 2.15. The monoisotopic (exact) mass is 341 g/mol. The highest BCUT2D eigenvalue weighted by molar-refractivity contribution is 6.08. The molecule has 0 unspecified atom stereocenters. The Kier molecular flexibility index (Phi) is 7.16. The Bertz CT molecular complexity index is 683. The molecule has 0 aliphatic carbocycles. The predicted octanol–water partition coefficient (Wildman–Crippen LogP) is 3.09. The average molecular weight is 341 g/mol. The van der Waals surface area contributed by atoms with Crippen molar-refractivity contribution in [2.24, 2.45) is 0 Å². The molecule has 0 radical (unpaired) electrons. The van der Waals surface area contributed by atoms with Gasteiger partial charge >= 0.3 is 5.97 Å². The van der Waals surface area contributed by atoms with Crippen molar-refractivity contribution in [2.45, 2.75) is 12.8 Å². The van der Waals surface area contributed by atoms with Gasteiger partial charge in [0.15, 0.2) is 5.78 Å². The Morgan fingerprint density at radius 1 is 0.960 bits per heavy atom. The number of ether oxygens (including phenoxy) is 1. The number of aliphatic carboxylic acids is 1. The van der Waals surface area contributed by atoms with Gasteiger partial charge in [-0.3, -0.25) is 9.59 Å². The fraction of sp³-hybridized carbons (Fsp3) is 0.300. The molecule has 5 nitrogen and oxygen atoms in total. The second kappa shape index (κ2) is 9.59. The Morgan fingerprint density at radius 3 is 2.24 bits per heavy atom. The highest BCUT2D eigenvalue weighted by atomic mass is 16.5. The van der Waals surface area contributed by atoms with Crippen LogP contribution in [0.1, 0.15) is 28.8 Å². The van der Waals surface area contributed by atoms with Crippen LogP contribution in [0.3, 0.4) is 0 Å². The minimum absolute atomic E-state index is 0.00722. The van der Waals surface area contributed by atoms with Crippen LogP contribution in [0.5, 0.6) is 5.75 Å². The lowest BCUT2D eigenvalue weighted by atomic mass is 10.0. The topological polar surface area (TPSA) is 66.8 Å². The number of hydrogen-bond donors (Lipinski definition) is 1. The number of benzene rings is 2. The molecule has 132 valence electrons. The van der Waals surface area contributed by atoms with Crippen molar-refractivity contribution in [3.8, 4) is 5.75 Å². The third-order valence-electron chi connectivity index (χ3n) is 3.81. The summed E-state index contributed by atoms with van der Waals surface area (Å²) in [4.78, 5) is 24.8. The summed E-state index contributed by atoms with van der Waals surface area (Å²) in [5, 5.41) is 8.64. The number of carbonyl (C=O) groups is 2. The van der Waals surface area contributed by atoms with Gasteiger partial charge in [0.2, 0.25) is 0 Å². The molecular weight excluding hydrogens is 318 g/mol. The van der Waals surface area contributed by atoms with Crippen LogP contribution in [-0.2, 0) is 4.79 Å². The van der Waals surface area contributed by atoms with Crippen LogP contribution >= 0.6 is 0 Å². The Morgan fingerprint density at radius 2 is 1.60 bits per heavy atom. The van der Waals surface area contributed by atoms with Crippen LogP contribution in [0.15, 0.2) is 54.6 Å². The molecule has 1 N–H and O–H groups in total. The first-order valence-corrected chi connectivity index (χ1v) is 8.29. The van der Waals surface area contributed by atoms with E-state index in [1.165, 1.54) is 0 Å². The van der Waals surface area contributed by atoms with Crippen molar-refractivity contribution in [1.82, 2.24) is 4.90 Å². The summed E-state index contributed by atoms with van der Waals surface area (Å²) in [6.45, 7) is 1.85. The van der Waals surface area contributed by atoms with Crippen LogP contribution in [-0.4, -0.2) is 48.5 Å². The molecule has 2 rings (SSSR count). The lowest BCUT2D eigenvalue weighted by molar-refractivity contribution is -0.137. The fourth-order valence-electron chi connectivity index (χ4n) is 2.38. The van der Waals surface area contributed by atoms with E-state index in [1.54, 1.807) is 36.4 Å². The molecule has 0 aromatic heterocycles. The van der Waals surface area contributed by atoms with E-state index < -0.39 is 5.97 Å². The van der Waals surface area contributed by atoms with E-state index in [1.807, 2.05) is 30.1 Å². The third-order valence-corrected chi connectivity index (χ3v) is 3.81. The molecule has 0 bridgehead atoms. The zero-order valence-electron chi connectivity index (χ0n) is 14.4. The van der Waals surface area contributed by atoms with Gasteiger partial charge in [-0.2, -0.15) is 0 Å². The molecule has 2 aromatic carbocycles. The summed E-state index contributed by atoms with van der Waals surface area (Å²) >= 11 is 0. The van der Waals surface area contributed by atoms with E-state index in [4.69, 9.17) is 9.84 Å². The molecule has 5 heteroatoms. The van der Waals surface area contributed by atoms with E-state index in [-0.39, 0.29) is 12.2 Å². The van der Waals surface area contributed by atoms with Crippen LogP contribution in [0, 0.1) is 0 Å². The van der Waals surface area contributed by atoms with E-state index in [9.17, 15) is 9.59 Å². The molecule has 0 fully saturated rings. The van der Waals surface area contributed by atoms with Crippen molar-refractivity contribution in [2.75, 3.05) is 26.7 Å². The first kappa shape index (κ1) is 18.7. The van der Waals surface area contributed by atoms with Gasteiger partial charge in [-0.25, -0.2) is 0 Å². The zero-order valence-corrected chi connectivity index (χ0v) is 14.4. The second-order valence-electron chi connectivity index (χ2n) is 5.87. The van der Waals surface area contributed by atoms with Gasteiger partial charge < -0.3 is 14.7 Å². The number of carboxylic acids is 1. The van der Waals surface area contributed by atoms with Crippen LogP contribution < -0.4 is 4.74 Å². The summed E-state index contributed by atoms with van der Waals surface area (Å²) in [5.74, 6) is -0.0711. The maximum absolute atomic E-state index is 12.3. The van der Waals surface area contributed by atoms with Gasteiger partial charge in [-0.05, 0) is 37.7 Å². The Labute approximate surface area is 147 Å². The minimum atomic E-state index is -0.784. The molecule has 0 saturated carbocycles. The molecule has 2 aromatic rings. The van der Waals surface area contributed by atoms with Gasteiger partial charge in [-0.15, -0.1) is 0 Å². The van der Waals surface area contributed by atoms with E-state index in [0.717, 1.165) is 18.7 Å². The first-order chi connectivity index (χ1) is 12.1. The zero-order chi connectivity index (χ0) is 18.1. The Balaban J connectivity index is 1.75. The van der Waals surface area contributed by atoms with Crippen molar-refractivity contribution < 1.29 is 19.4 Å². The molecule has 0 spiro atoms. The Hall–Kier alpha value is -2.66. The number of rotatable bonds is 10. The van der Waals surface area contributed by atoms with Crippen molar-refractivity contribution in [3.05, 3.63) is 65.7 Å². The second-order valence-corrected chi connectivity index (χ2v) is 5.87. The maximum Gasteiger partial charge on any atom is 0.304 e. The van der Waals surface area contributed by atoms with Crippen LogP contribution in [0.25, 0.3) is 0 Å². The molecule has 0 aliphatic heterocycles. The van der Waals surface area contributed by atoms with Crippen molar-refractivity contribution >= 4 is 11.8 Å². The van der Waals surface area contributed by atoms with Crippen LogP contribution in [0.2, 0.25) is 0 Å². The van der Waals surface area contributed by atoms with Crippen molar-refractivity contribution in [3.63, 3.8) is 0 Å². The lowest BCUT2D eigenvalue weighted by Gasteiger charge is -2.15. The molecule has 0 atom stereocenters. The molecule has 0 heterocycles. The van der Waals surface area contributed by atoms with E-state index in [2.05, 4.69) is 0 Å². The average Bonchev–Trinajstić information content (AvgIpc) is 2.64. The summed E-state index contributed by atoms with van der Waals surface area (Å²) < 4.78 is 5.67. The maximum atomic E-state index is 12.3. The smallest absolute Gasteiger partial charge is 0.304 e. The van der Waals surface area contributed by atoms with Gasteiger partial charge in [-0.1, -0.05) is 30.3 Å². The summed E-state index contributed by atoms with van der Waals surface area (Å²) in [7, 11) is 1.90. The molecular formula is C20H23NO4. The number of carboxylic acid groups (broad SMARTS) is 1. The van der Waals surface area contributed by atoms with Gasteiger partial charge in [0.05, 0.1) is 13.0 Å². The lowest BCUT2D eigenvalue weighted by Crippen LogP contribution is -2.24. The molecule has 0 aliphatic rings. The largest absolute Gasteiger partial charge is 0.494 e.